The average molecular weight is 363 g/mol. The second-order valence-corrected chi connectivity index (χ2v) is 8.11. The number of fused-ring (bicyclic) bond motifs is 2. The molecule has 1 fully saturated rings. The smallest absolute Gasteiger partial charge is 0.229 e. The van der Waals surface area contributed by atoms with Gasteiger partial charge < -0.3 is 15.0 Å². The van der Waals surface area contributed by atoms with Crippen molar-refractivity contribution in [2.24, 2.45) is 10.4 Å². The Labute approximate surface area is 160 Å². The molecule has 5 nitrogen and oxygen atoms in total. The Hall–Kier alpha value is -2.82. The molecule has 0 aromatic heterocycles. The predicted molar refractivity (Wildman–Crippen MR) is 108 cm³/mol. The van der Waals surface area contributed by atoms with Crippen LogP contribution in [0.2, 0.25) is 0 Å². The van der Waals surface area contributed by atoms with Crippen molar-refractivity contribution < 1.29 is 9.53 Å². The number of hydrogen-bond donors (Lipinski definition) is 1. The lowest BCUT2D eigenvalue weighted by Gasteiger charge is -2.22. The summed E-state index contributed by atoms with van der Waals surface area (Å²) in [5.74, 6) is 2.41. The number of para-hydroxylation sites is 2. The molecule has 2 aliphatic rings. The minimum atomic E-state index is -0.453. The Morgan fingerprint density at radius 1 is 1.07 bits per heavy atom. The van der Waals surface area contributed by atoms with Gasteiger partial charge in [0.1, 0.15) is 17.3 Å². The van der Waals surface area contributed by atoms with Gasteiger partial charge in [0.25, 0.3) is 0 Å². The third kappa shape index (κ3) is 3.54. The number of ether oxygens (including phenoxy) is 1. The maximum atomic E-state index is 12.4. The summed E-state index contributed by atoms with van der Waals surface area (Å²) in [5.41, 5.74) is 2.05. The van der Waals surface area contributed by atoms with E-state index < -0.39 is 5.41 Å². The summed E-state index contributed by atoms with van der Waals surface area (Å²) in [6.45, 7) is 7.69. The van der Waals surface area contributed by atoms with Crippen molar-refractivity contribution in [3.63, 3.8) is 0 Å². The number of amides is 1. The van der Waals surface area contributed by atoms with Crippen LogP contribution in [0.3, 0.4) is 0 Å². The highest BCUT2D eigenvalue weighted by molar-refractivity contribution is 6.05. The fraction of sp³-hybridized carbons (Fsp3) is 0.364. The highest BCUT2D eigenvalue weighted by atomic mass is 16.5. The minimum absolute atomic E-state index is 0.0139. The molecule has 0 aliphatic carbocycles. The molecule has 0 unspecified atom stereocenters. The van der Waals surface area contributed by atoms with E-state index in [0.29, 0.717) is 0 Å². The van der Waals surface area contributed by atoms with Crippen LogP contribution in [-0.4, -0.2) is 29.7 Å². The Kier molecular flexibility index (Phi) is 4.38. The highest BCUT2D eigenvalue weighted by Gasteiger charge is 2.26. The van der Waals surface area contributed by atoms with Gasteiger partial charge in [-0.3, -0.25) is 4.79 Å². The lowest BCUT2D eigenvalue weighted by Crippen LogP contribution is -2.29. The maximum Gasteiger partial charge on any atom is 0.229 e. The summed E-state index contributed by atoms with van der Waals surface area (Å²) >= 11 is 0. The standard InChI is InChI=1S/C22H25N3O2/c1-22(2,3)21(26)23-15-10-11-18-16(14-15)20(25-12-6-7-13-25)24-17-8-4-5-9-19(17)27-18/h4-5,8-11,14H,6-7,12-13H2,1-3H3,(H,23,26). The van der Waals surface area contributed by atoms with Crippen molar-refractivity contribution in [3.05, 3.63) is 48.0 Å². The van der Waals surface area contributed by atoms with E-state index in [4.69, 9.17) is 9.73 Å². The molecule has 140 valence electrons. The minimum Gasteiger partial charge on any atom is -0.454 e. The second-order valence-electron chi connectivity index (χ2n) is 8.11. The van der Waals surface area contributed by atoms with Crippen molar-refractivity contribution in [2.45, 2.75) is 33.6 Å². The first-order valence-corrected chi connectivity index (χ1v) is 9.48. The van der Waals surface area contributed by atoms with Crippen LogP contribution >= 0.6 is 0 Å². The van der Waals surface area contributed by atoms with E-state index in [1.54, 1.807) is 0 Å². The summed E-state index contributed by atoms with van der Waals surface area (Å²) in [4.78, 5) is 19.6. The molecule has 0 saturated carbocycles. The average Bonchev–Trinajstić information content (AvgIpc) is 3.10. The molecule has 4 rings (SSSR count). The molecule has 2 heterocycles. The van der Waals surface area contributed by atoms with Gasteiger partial charge in [0.2, 0.25) is 5.91 Å². The molecule has 5 heteroatoms. The zero-order chi connectivity index (χ0) is 19.0. The van der Waals surface area contributed by atoms with Crippen molar-refractivity contribution in [2.75, 3.05) is 18.4 Å². The van der Waals surface area contributed by atoms with Gasteiger partial charge in [0.15, 0.2) is 5.75 Å². The van der Waals surface area contributed by atoms with Crippen LogP contribution in [0, 0.1) is 5.41 Å². The number of benzene rings is 2. The highest BCUT2D eigenvalue weighted by Crippen LogP contribution is 2.39. The van der Waals surface area contributed by atoms with Crippen molar-refractivity contribution in [3.8, 4) is 11.5 Å². The lowest BCUT2D eigenvalue weighted by molar-refractivity contribution is -0.123. The second kappa shape index (κ2) is 6.72. The van der Waals surface area contributed by atoms with E-state index in [0.717, 1.165) is 60.2 Å². The first kappa shape index (κ1) is 17.6. The van der Waals surface area contributed by atoms with Gasteiger partial charge in [0.05, 0.1) is 5.56 Å². The third-order valence-electron chi connectivity index (χ3n) is 4.88. The Balaban J connectivity index is 1.78. The number of amidine groups is 1. The van der Waals surface area contributed by atoms with Gasteiger partial charge in [-0.1, -0.05) is 32.9 Å². The number of aliphatic imine (C=N–C) groups is 1. The number of nitrogens with one attached hydrogen (secondary N) is 1. The van der Waals surface area contributed by atoms with E-state index in [1.807, 2.05) is 63.2 Å². The van der Waals surface area contributed by atoms with E-state index in [1.165, 1.54) is 0 Å². The SMILES string of the molecule is CC(C)(C)C(=O)Nc1ccc2c(c1)C(N1CCCC1)=Nc1ccccc1O2. The predicted octanol–water partition coefficient (Wildman–Crippen LogP) is 4.95. The molecule has 0 spiro atoms. The molecule has 1 amide bonds. The van der Waals surface area contributed by atoms with E-state index in [-0.39, 0.29) is 5.91 Å². The van der Waals surface area contributed by atoms with Crippen molar-refractivity contribution >= 4 is 23.1 Å². The number of hydrogen-bond acceptors (Lipinski definition) is 4. The zero-order valence-corrected chi connectivity index (χ0v) is 16.1. The molecule has 2 aromatic rings. The molecule has 0 atom stereocenters. The summed E-state index contributed by atoms with van der Waals surface area (Å²) in [7, 11) is 0. The lowest BCUT2D eigenvalue weighted by atomic mass is 9.95. The van der Waals surface area contributed by atoms with Crippen molar-refractivity contribution in [1.82, 2.24) is 4.90 Å². The van der Waals surface area contributed by atoms with Crippen LogP contribution in [0.25, 0.3) is 0 Å². The number of likely N-dealkylation sites (tertiary alicyclic amines) is 1. The molecule has 1 N–H and O–H groups in total. The fourth-order valence-electron chi connectivity index (χ4n) is 3.29. The number of carbonyl (C=O) groups excluding carboxylic acids is 1. The van der Waals surface area contributed by atoms with Crippen molar-refractivity contribution in [1.29, 1.82) is 0 Å². The van der Waals surface area contributed by atoms with E-state index in [2.05, 4.69) is 10.2 Å². The van der Waals surface area contributed by atoms with Crippen LogP contribution in [0.5, 0.6) is 11.5 Å². The van der Waals surface area contributed by atoms with Gasteiger partial charge in [-0.05, 0) is 43.2 Å². The first-order valence-electron chi connectivity index (χ1n) is 9.48. The zero-order valence-electron chi connectivity index (χ0n) is 16.1. The quantitative estimate of drug-likeness (QED) is 0.780. The maximum absolute atomic E-state index is 12.4. The number of anilines is 1. The number of rotatable bonds is 1. The van der Waals surface area contributed by atoms with E-state index >= 15 is 0 Å². The largest absolute Gasteiger partial charge is 0.454 e. The molecular formula is C22H25N3O2. The van der Waals surface area contributed by atoms with Crippen LogP contribution in [0.1, 0.15) is 39.2 Å². The Morgan fingerprint density at radius 3 is 2.56 bits per heavy atom. The molecule has 27 heavy (non-hydrogen) atoms. The van der Waals surface area contributed by atoms with Crippen LogP contribution in [0.4, 0.5) is 11.4 Å². The van der Waals surface area contributed by atoms with Gasteiger partial charge in [-0.2, -0.15) is 0 Å². The van der Waals surface area contributed by atoms with E-state index in [9.17, 15) is 4.79 Å². The van der Waals surface area contributed by atoms with Gasteiger partial charge in [-0.25, -0.2) is 4.99 Å². The van der Waals surface area contributed by atoms with Crippen LogP contribution in [0.15, 0.2) is 47.5 Å². The molecule has 2 aromatic carbocycles. The normalized spacial score (nSPS) is 16.0. The third-order valence-corrected chi connectivity index (χ3v) is 4.88. The van der Waals surface area contributed by atoms with Crippen LogP contribution < -0.4 is 10.1 Å². The monoisotopic (exact) mass is 363 g/mol. The molecular weight excluding hydrogens is 338 g/mol. The summed E-state index contributed by atoms with van der Waals surface area (Å²) in [6, 6.07) is 13.6. The van der Waals surface area contributed by atoms with Gasteiger partial charge in [-0.15, -0.1) is 0 Å². The summed E-state index contributed by atoms with van der Waals surface area (Å²) < 4.78 is 6.17. The van der Waals surface area contributed by atoms with Gasteiger partial charge in [0, 0.05) is 24.2 Å². The Bertz CT molecular complexity index is 906. The summed E-state index contributed by atoms with van der Waals surface area (Å²) in [6.07, 6.45) is 2.33. The van der Waals surface area contributed by atoms with Gasteiger partial charge >= 0.3 is 0 Å². The molecule has 1 saturated heterocycles. The first-order chi connectivity index (χ1) is 12.9. The fourth-order valence-corrected chi connectivity index (χ4v) is 3.29. The number of carbonyl (C=O) groups is 1. The molecule has 2 aliphatic heterocycles. The molecule has 0 bridgehead atoms. The number of nitrogens with zero attached hydrogens (tertiary/aromatic N) is 2. The van der Waals surface area contributed by atoms with Crippen LogP contribution in [-0.2, 0) is 4.79 Å². The Morgan fingerprint density at radius 2 is 1.81 bits per heavy atom. The molecule has 0 radical (unpaired) electrons. The topological polar surface area (TPSA) is 53.9 Å². The summed E-state index contributed by atoms with van der Waals surface area (Å²) in [5, 5.41) is 3.02.